The van der Waals surface area contributed by atoms with Crippen molar-refractivity contribution in [2.45, 2.75) is 52.4 Å². The van der Waals surface area contributed by atoms with E-state index < -0.39 is 10.8 Å². The van der Waals surface area contributed by atoms with Gasteiger partial charge in [0.25, 0.3) is 0 Å². The monoisotopic (exact) mass is 332 g/mol. The molecule has 4 fully saturated rings. The maximum atomic E-state index is 12.8. The third-order valence-electron chi connectivity index (χ3n) is 5.83. The van der Waals surface area contributed by atoms with Crippen LogP contribution in [0.3, 0.4) is 0 Å². The second kappa shape index (κ2) is 6.05. The Hall–Kier alpha value is -1.58. The summed E-state index contributed by atoms with van der Waals surface area (Å²) in [6.45, 7) is 11.8. The second-order valence-corrected chi connectivity index (χ2v) is 8.59. The lowest BCUT2D eigenvalue weighted by molar-refractivity contribution is -0.193. The molecule has 0 aromatic carbocycles. The predicted octanol–water partition coefficient (Wildman–Crippen LogP) is 3.81. The molecule has 0 radical (unpaired) electrons. The van der Waals surface area contributed by atoms with Crippen molar-refractivity contribution in [3.63, 3.8) is 0 Å². The van der Waals surface area contributed by atoms with Crippen molar-refractivity contribution < 1.29 is 19.1 Å². The molecule has 4 heteroatoms. The number of hydrogen-bond acceptors (Lipinski definition) is 4. The van der Waals surface area contributed by atoms with Crippen molar-refractivity contribution in [2.75, 3.05) is 13.2 Å². The first-order valence-electron chi connectivity index (χ1n) is 8.88. The van der Waals surface area contributed by atoms with Crippen molar-refractivity contribution >= 4 is 11.9 Å². The van der Waals surface area contributed by atoms with E-state index in [0.29, 0.717) is 18.3 Å². The molecule has 0 unspecified atom stereocenters. The van der Waals surface area contributed by atoms with Crippen LogP contribution in [-0.2, 0) is 19.1 Å². The van der Waals surface area contributed by atoms with Crippen LogP contribution in [-0.4, -0.2) is 25.2 Å². The minimum Gasteiger partial charge on any atom is -0.461 e. The average molecular weight is 332 g/mol. The summed E-state index contributed by atoms with van der Waals surface area (Å²) in [5, 5.41) is 0. The smallest absolute Gasteiger partial charge is 0.312 e. The number of rotatable bonds is 6. The van der Waals surface area contributed by atoms with E-state index in [-0.39, 0.29) is 25.2 Å². The number of carbonyl (C=O) groups excluding carboxylic acids is 2. The molecule has 24 heavy (non-hydrogen) atoms. The van der Waals surface area contributed by atoms with Gasteiger partial charge in [0, 0.05) is 0 Å². The highest BCUT2D eigenvalue weighted by atomic mass is 16.5. The Kier molecular flexibility index (Phi) is 4.35. The topological polar surface area (TPSA) is 52.6 Å². The molecular formula is C20H28O4. The number of ether oxygens (including phenoxy) is 2. The zero-order valence-corrected chi connectivity index (χ0v) is 14.9. The molecule has 0 amide bonds. The number of esters is 2. The summed E-state index contributed by atoms with van der Waals surface area (Å²) in [7, 11) is 0. The molecular weight excluding hydrogens is 304 g/mol. The van der Waals surface area contributed by atoms with E-state index >= 15 is 0 Å². The Bertz CT molecular complexity index is 526. The van der Waals surface area contributed by atoms with Crippen LogP contribution in [0.4, 0.5) is 0 Å². The van der Waals surface area contributed by atoms with Crippen LogP contribution in [0.2, 0.25) is 0 Å². The summed E-state index contributed by atoms with van der Waals surface area (Å²) in [5.74, 6) is 0.579. The molecule has 4 rings (SSSR count). The van der Waals surface area contributed by atoms with Gasteiger partial charge >= 0.3 is 11.9 Å². The van der Waals surface area contributed by atoms with Crippen molar-refractivity contribution in [1.29, 1.82) is 0 Å². The lowest BCUT2D eigenvalue weighted by Crippen LogP contribution is -2.58. The van der Waals surface area contributed by atoms with Gasteiger partial charge in [0.1, 0.15) is 13.2 Å². The molecule has 0 aliphatic heterocycles. The van der Waals surface area contributed by atoms with Gasteiger partial charge in [0.2, 0.25) is 0 Å². The molecule has 0 heterocycles. The Balaban J connectivity index is 1.79. The predicted molar refractivity (Wildman–Crippen MR) is 91.1 cm³/mol. The van der Waals surface area contributed by atoms with Gasteiger partial charge in [-0.05, 0) is 75.4 Å². The van der Waals surface area contributed by atoms with Gasteiger partial charge < -0.3 is 9.47 Å². The van der Waals surface area contributed by atoms with Crippen LogP contribution >= 0.6 is 0 Å². The third-order valence-corrected chi connectivity index (χ3v) is 5.83. The van der Waals surface area contributed by atoms with E-state index in [9.17, 15) is 9.59 Å². The highest BCUT2D eigenvalue weighted by Crippen LogP contribution is 2.66. The quantitative estimate of drug-likeness (QED) is 0.548. The van der Waals surface area contributed by atoms with Gasteiger partial charge in [0.05, 0.1) is 10.8 Å². The van der Waals surface area contributed by atoms with Gasteiger partial charge in [-0.3, -0.25) is 9.59 Å². The summed E-state index contributed by atoms with van der Waals surface area (Å²) in [6.07, 6.45) is 5.13. The summed E-state index contributed by atoms with van der Waals surface area (Å²) < 4.78 is 11.0. The summed E-state index contributed by atoms with van der Waals surface area (Å²) in [4.78, 5) is 25.6. The molecule has 0 aromatic heterocycles. The largest absolute Gasteiger partial charge is 0.461 e. The first kappa shape index (κ1) is 17.2. The average Bonchev–Trinajstić information content (AvgIpc) is 2.48. The third kappa shape index (κ3) is 3.03. The first-order valence-corrected chi connectivity index (χ1v) is 8.88. The summed E-state index contributed by atoms with van der Waals surface area (Å²) >= 11 is 0. The second-order valence-electron chi connectivity index (χ2n) is 8.59. The van der Waals surface area contributed by atoms with Crippen LogP contribution in [0.15, 0.2) is 24.3 Å². The van der Waals surface area contributed by atoms with Gasteiger partial charge in [-0.25, -0.2) is 0 Å². The summed E-state index contributed by atoms with van der Waals surface area (Å²) in [6, 6.07) is 0. The van der Waals surface area contributed by atoms with E-state index in [1.807, 2.05) is 13.8 Å². The minimum atomic E-state index is -0.498. The van der Waals surface area contributed by atoms with Gasteiger partial charge in [-0.2, -0.15) is 0 Å². The highest BCUT2D eigenvalue weighted by molar-refractivity contribution is 5.83. The van der Waals surface area contributed by atoms with Crippen LogP contribution in [0.25, 0.3) is 0 Å². The standard InChI is InChI=1S/C20H28O4/c1-13(2)10-23-17(21)19-6-15-5-16(7-19)9-20(8-15,12-19)18(22)24-11-14(3)4/h15-16H,1,3,5-12H2,2,4H3. The Morgan fingerprint density at radius 1 is 0.875 bits per heavy atom. The molecule has 4 nitrogen and oxygen atoms in total. The van der Waals surface area contributed by atoms with Crippen molar-refractivity contribution in [3.05, 3.63) is 24.3 Å². The van der Waals surface area contributed by atoms with E-state index in [0.717, 1.165) is 43.3 Å². The maximum Gasteiger partial charge on any atom is 0.312 e. The fourth-order valence-electron chi connectivity index (χ4n) is 5.42. The van der Waals surface area contributed by atoms with Gasteiger partial charge in [-0.15, -0.1) is 0 Å². The van der Waals surface area contributed by atoms with Crippen molar-refractivity contribution in [3.8, 4) is 0 Å². The maximum absolute atomic E-state index is 12.8. The number of hydrogen-bond donors (Lipinski definition) is 0. The van der Waals surface area contributed by atoms with E-state index in [2.05, 4.69) is 13.2 Å². The van der Waals surface area contributed by atoms with Crippen LogP contribution < -0.4 is 0 Å². The fourth-order valence-corrected chi connectivity index (χ4v) is 5.42. The number of carbonyl (C=O) groups is 2. The Labute approximate surface area is 144 Å². The zero-order chi connectivity index (χ0) is 17.5. The molecule has 0 saturated heterocycles. The van der Waals surface area contributed by atoms with Gasteiger partial charge in [-0.1, -0.05) is 13.2 Å². The van der Waals surface area contributed by atoms with E-state index in [1.54, 1.807) is 0 Å². The van der Waals surface area contributed by atoms with Crippen LogP contribution in [0.5, 0.6) is 0 Å². The van der Waals surface area contributed by atoms with Crippen molar-refractivity contribution in [2.24, 2.45) is 22.7 Å². The van der Waals surface area contributed by atoms with E-state index in [1.165, 1.54) is 0 Å². The molecule has 0 N–H and O–H groups in total. The first-order chi connectivity index (χ1) is 11.2. The fraction of sp³-hybridized carbons (Fsp3) is 0.700. The van der Waals surface area contributed by atoms with Crippen LogP contribution in [0, 0.1) is 22.7 Å². The molecule has 0 spiro atoms. The van der Waals surface area contributed by atoms with E-state index in [4.69, 9.17) is 9.47 Å². The minimum absolute atomic E-state index is 0.142. The van der Waals surface area contributed by atoms with Crippen molar-refractivity contribution in [1.82, 2.24) is 0 Å². The normalized spacial score (nSPS) is 36.2. The Morgan fingerprint density at radius 3 is 1.58 bits per heavy atom. The Morgan fingerprint density at radius 2 is 1.25 bits per heavy atom. The highest BCUT2D eigenvalue weighted by Gasteiger charge is 2.64. The zero-order valence-electron chi connectivity index (χ0n) is 14.9. The molecule has 4 aliphatic rings. The summed E-state index contributed by atoms with van der Waals surface area (Å²) in [5.41, 5.74) is 0.677. The molecule has 0 atom stereocenters. The molecule has 4 saturated carbocycles. The SMILES string of the molecule is C=C(C)COC(=O)C12CC3CC(C1)CC(C(=O)OCC(=C)C)(C3)C2. The lowest BCUT2D eigenvalue weighted by Gasteiger charge is -2.59. The van der Waals surface area contributed by atoms with Gasteiger partial charge in [0.15, 0.2) is 0 Å². The molecule has 132 valence electrons. The molecule has 4 aliphatic carbocycles. The molecule has 0 aromatic rings. The van der Waals surface area contributed by atoms with Crippen LogP contribution in [0.1, 0.15) is 52.4 Å². The molecule has 4 bridgehead atoms. The lowest BCUT2D eigenvalue weighted by atomic mass is 9.44.